The first-order valence-corrected chi connectivity index (χ1v) is 7.81. The lowest BCUT2D eigenvalue weighted by Crippen LogP contribution is -1.97. The molecule has 0 aliphatic heterocycles. The Bertz CT molecular complexity index is 996. The number of benzene rings is 1. The number of fused-ring (bicyclic) bond motifs is 1. The summed E-state index contributed by atoms with van der Waals surface area (Å²) in [7, 11) is 0. The zero-order valence-corrected chi connectivity index (χ0v) is 14.1. The third kappa shape index (κ3) is 2.44. The molecule has 4 heteroatoms. The summed E-state index contributed by atoms with van der Waals surface area (Å²) in [5.74, 6) is 1.09. The first-order valence-electron chi connectivity index (χ1n) is 7.81. The maximum atomic E-state index is 9.31. The third-order valence-corrected chi connectivity index (χ3v) is 4.38. The van der Waals surface area contributed by atoms with Crippen molar-refractivity contribution >= 4 is 23.0 Å². The van der Waals surface area contributed by atoms with Crippen molar-refractivity contribution < 1.29 is 4.42 Å². The smallest absolute Gasteiger partial charge is 0.237 e. The summed E-state index contributed by atoms with van der Waals surface area (Å²) in [6.45, 7) is 10.4. The second kappa shape index (κ2) is 6.21. The number of allylic oxidation sites excluding steroid dienone is 1. The van der Waals surface area contributed by atoms with Crippen LogP contribution in [0.5, 0.6) is 0 Å². The van der Waals surface area contributed by atoms with Crippen molar-refractivity contribution in [2.24, 2.45) is 4.99 Å². The molecule has 4 nitrogen and oxygen atoms in total. The molecule has 0 atom stereocenters. The standard InChI is InChI=1S/C20H19N3O/c1-5-10-23-14(3)18(16-8-6-7-9-19(16)23)12-22-20-17(11-21)13(2)15(4)24-20/h5-9,12H,1,10H2,2-4H3. The van der Waals surface area contributed by atoms with Gasteiger partial charge in [-0.05, 0) is 26.8 Å². The summed E-state index contributed by atoms with van der Waals surface area (Å²) >= 11 is 0. The summed E-state index contributed by atoms with van der Waals surface area (Å²) in [6, 6.07) is 10.4. The molecule has 0 amide bonds. The van der Waals surface area contributed by atoms with E-state index in [1.807, 2.05) is 32.1 Å². The zero-order chi connectivity index (χ0) is 17.3. The second-order valence-electron chi connectivity index (χ2n) is 5.75. The van der Waals surface area contributed by atoms with Crippen LogP contribution in [0.15, 0.2) is 46.3 Å². The highest BCUT2D eigenvalue weighted by Crippen LogP contribution is 2.29. The van der Waals surface area contributed by atoms with Gasteiger partial charge in [-0.3, -0.25) is 0 Å². The van der Waals surface area contributed by atoms with Crippen LogP contribution in [0.3, 0.4) is 0 Å². The summed E-state index contributed by atoms with van der Waals surface area (Å²) in [5.41, 5.74) is 4.62. The second-order valence-corrected chi connectivity index (χ2v) is 5.75. The van der Waals surface area contributed by atoms with Crippen LogP contribution in [0, 0.1) is 32.1 Å². The van der Waals surface area contributed by atoms with Crippen LogP contribution < -0.4 is 0 Å². The molecule has 0 aliphatic carbocycles. The molecule has 0 fully saturated rings. The number of nitrogens with zero attached hydrogens (tertiary/aromatic N) is 3. The molecular formula is C20H19N3O. The van der Waals surface area contributed by atoms with Gasteiger partial charge in [-0.15, -0.1) is 6.58 Å². The quantitative estimate of drug-likeness (QED) is 0.504. The largest absolute Gasteiger partial charge is 0.442 e. The van der Waals surface area contributed by atoms with E-state index < -0.39 is 0 Å². The molecule has 0 saturated carbocycles. The van der Waals surface area contributed by atoms with Gasteiger partial charge >= 0.3 is 0 Å². The Hall–Kier alpha value is -3.06. The van der Waals surface area contributed by atoms with Crippen LogP contribution in [0.1, 0.15) is 28.1 Å². The minimum absolute atomic E-state index is 0.368. The van der Waals surface area contributed by atoms with Crippen molar-refractivity contribution in [3.05, 3.63) is 65.1 Å². The average Bonchev–Trinajstić information content (AvgIpc) is 3.01. The van der Waals surface area contributed by atoms with E-state index in [4.69, 9.17) is 4.42 Å². The van der Waals surface area contributed by atoms with E-state index in [2.05, 4.69) is 41.3 Å². The molecule has 3 rings (SSSR count). The monoisotopic (exact) mass is 317 g/mol. The molecule has 2 heterocycles. The molecule has 2 aromatic heterocycles. The molecule has 0 radical (unpaired) electrons. The lowest BCUT2D eigenvalue weighted by molar-refractivity contribution is 0.542. The van der Waals surface area contributed by atoms with Gasteiger partial charge in [0.2, 0.25) is 5.88 Å². The molecule has 0 saturated heterocycles. The number of rotatable bonds is 4. The Labute approximate surface area is 141 Å². The Balaban J connectivity index is 2.14. The van der Waals surface area contributed by atoms with Crippen molar-refractivity contribution in [3.8, 4) is 6.07 Å². The van der Waals surface area contributed by atoms with Gasteiger partial charge in [-0.2, -0.15) is 5.26 Å². The first kappa shape index (κ1) is 15.8. The van der Waals surface area contributed by atoms with Crippen LogP contribution >= 0.6 is 0 Å². The van der Waals surface area contributed by atoms with Gasteiger partial charge in [0, 0.05) is 40.5 Å². The Morgan fingerprint density at radius 2 is 2.04 bits per heavy atom. The van der Waals surface area contributed by atoms with Crippen molar-refractivity contribution in [2.45, 2.75) is 27.3 Å². The maximum absolute atomic E-state index is 9.31. The number of aliphatic imine (C=N–C) groups is 1. The Morgan fingerprint density at radius 1 is 1.29 bits per heavy atom. The molecule has 24 heavy (non-hydrogen) atoms. The van der Waals surface area contributed by atoms with E-state index in [0.717, 1.165) is 40.0 Å². The number of hydrogen-bond donors (Lipinski definition) is 0. The predicted octanol–water partition coefficient (Wildman–Crippen LogP) is 4.97. The van der Waals surface area contributed by atoms with Crippen molar-refractivity contribution in [1.29, 1.82) is 5.26 Å². The minimum Gasteiger partial charge on any atom is -0.442 e. The minimum atomic E-state index is 0.368. The van der Waals surface area contributed by atoms with Gasteiger partial charge in [0.1, 0.15) is 17.4 Å². The lowest BCUT2D eigenvalue weighted by atomic mass is 10.1. The van der Waals surface area contributed by atoms with Crippen LogP contribution in [0.25, 0.3) is 10.9 Å². The van der Waals surface area contributed by atoms with E-state index in [1.54, 1.807) is 6.21 Å². The number of para-hydroxylation sites is 1. The normalized spacial score (nSPS) is 11.2. The molecule has 0 unspecified atom stereocenters. The predicted molar refractivity (Wildman–Crippen MR) is 97.0 cm³/mol. The van der Waals surface area contributed by atoms with Gasteiger partial charge in [-0.25, -0.2) is 4.99 Å². The number of hydrogen-bond acceptors (Lipinski definition) is 3. The fraction of sp³-hybridized carbons (Fsp3) is 0.200. The Morgan fingerprint density at radius 3 is 2.75 bits per heavy atom. The average molecular weight is 317 g/mol. The molecule has 0 N–H and O–H groups in total. The molecular weight excluding hydrogens is 298 g/mol. The van der Waals surface area contributed by atoms with Crippen molar-refractivity contribution in [3.63, 3.8) is 0 Å². The zero-order valence-electron chi connectivity index (χ0n) is 14.1. The van der Waals surface area contributed by atoms with Crippen LogP contribution in [-0.4, -0.2) is 10.8 Å². The topological polar surface area (TPSA) is 54.2 Å². The van der Waals surface area contributed by atoms with Crippen molar-refractivity contribution in [2.75, 3.05) is 0 Å². The lowest BCUT2D eigenvalue weighted by Gasteiger charge is -2.03. The first-order chi connectivity index (χ1) is 11.6. The van der Waals surface area contributed by atoms with Crippen LogP contribution in [0.4, 0.5) is 5.88 Å². The summed E-state index contributed by atoms with van der Waals surface area (Å²) in [5, 5.41) is 10.4. The van der Waals surface area contributed by atoms with E-state index in [1.165, 1.54) is 0 Å². The fourth-order valence-corrected chi connectivity index (χ4v) is 2.94. The van der Waals surface area contributed by atoms with Gasteiger partial charge < -0.3 is 8.98 Å². The number of nitriles is 1. The summed E-state index contributed by atoms with van der Waals surface area (Å²) in [4.78, 5) is 4.46. The van der Waals surface area contributed by atoms with E-state index in [9.17, 15) is 5.26 Å². The van der Waals surface area contributed by atoms with Crippen LogP contribution in [0.2, 0.25) is 0 Å². The molecule has 0 spiro atoms. The van der Waals surface area contributed by atoms with Gasteiger partial charge in [0.25, 0.3) is 0 Å². The van der Waals surface area contributed by atoms with Gasteiger partial charge in [0.05, 0.1) is 0 Å². The van der Waals surface area contributed by atoms with Gasteiger partial charge in [-0.1, -0.05) is 24.3 Å². The van der Waals surface area contributed by atoms with E-state index in [-0.39, 0.29) is 0 Å². The molecule has 3 aromatic rings. The summed E-state index contributed by atoms with van der Waals surface area (Å²) in [6.07, 6.45) is 3.67. The molecule has 0 bridgehead atoms. The highest BCUT2D eigenvalue weighted by molar-refractivity contribution is 6.01. The fourth-order valence-electron chi connectivity index (χ4n) is 2.94. The van der Waals surface area contributed by atoms with Gasteiger partial charge in [0.15, 0.2) is 0 Å². The molecule has 0 aliphatic rings. The summed E-state index contributed by atoms with van der Waals surface area (Å²) < 4.78 is 7.82. The third-order valence-electron chi connectivity index (χ3n) is 4.38. The van der Waals surface area contributed by atoms with E-state index >= 15 is 0 Å². The van der Waals surface area contributed by atoms with E-state index in [0.29, 0.717) is 11.4 Å². The molecule has 120 valence electrons. The number of aromatic nitrogens is 1. The Kier molecular flexibility index (Phi) is 4.09. The van der Waals surface area contributed by atoms with Crippen molar-refractivity contribution in [1.82, 2.24) is 4.57 Å². The number of aryl methyl sites for hydroxylation is 1. The molecule has 1 aromatic carbocycles. The highest BCUT2D eigenvalue weighted by Gasteiger charge is 2.15. The van der Waals surface area contributed by atoms with Crippen LogP contribution in [-0.2, 0) is 6.54 Å². The number of furan rings is 1. The highest BCUT2D eigenvalue weighted by atomic mass is 16.4. The SMILES string of the molecule is C=CCn1c(C)c(C=Nc2oc(C)c(C)c2C#N)c2ccccc21. The maximum Gasteiger partial charge on any atom is 0.237 e.